The summed E-state index contributed by atoms with van der Waals surface area (Å²) in [4.78, 5) is 12.7. The lowest BCUT2D eigenvalue weighted by Gasteiger charge is -2.25. The fraction of sp³-hybridized carbons (Fsp3) is 0.357. The first-order valence-corrected chi connectivity index (χ1v) is 10.2. The molecule has 1 N–H and O–H groups in total. The number of nitrogens with zero attached hydrogens (tertiary/aromatic N) is 1. The van der Waals surface area contributed by atoms with Crippen LogP contribution in [0.1, 0.15) is 15.2 Å². The van der Waals surface area contributed by atoms with Crippen LogP contribution < -0.4 is 5.32 Å². The summed E-state index contributed by atoms with van der Waals surface area (Å²) in [6.07, 6.45) is 0. The zero-order valence-corrected chi connectivity index (χ0v) is 14.7. The van der Waals surface area contributed by atoms with Crippen LogP contribution in [0.5, 0.6) is 0 Å². The van der Waals surface area contributed by atoms with E-state index in [-0.39, 0.29) is 5.91 Å². The first-order chi connectivity index (χ1) is 11.1. The van der Waals surface area contributed by atoms with Gasteiger partial charge in [0.2, 0.25) is 0 Å². The molecule has 1 fully saturated rings. The molecule has 0 radical (unpaired) electrons. The molecule has 1 saturated heterocycles. The fourth-order valence-electron chi connectivity index (χ4n) is 2.17. The van der Waals surface area contributed by atoms with E-state index in [1.54, 1.807) is 23.6 Å². The van der Waals surface area contributed by atoms with Crippen molar-refractivity contribution in [1.82, 2.24) is 9.62 Å². The molecule has 1 aliphatic rings. The van der Waals surface area contributed by atoms with E-state index in [0.29, 0.717) is 42.6 Å². The minimum Gasteiger partial charge on any atom is -0.379 e. The van der Waals surface area contributed by atoms with Crippen LogP contribution in [0.3, 0.4) is 0 Å². The number of sulfonamides is 1. The highest BCUT2D eigenvalue weighted by Crippen LogP contribution is 2.25. The van der Waals surface area contributed by atoms with Gasteiger partial charge in [-0.2, -0.15) is 15.6 Å². The first-order valence-electron chi connectivity index (χ1n) is 7.04. The molecule has 1 aliphatic heterocycles. The predicted octanol–water partition coefficient (Wildman–Crippen LogP) is 1.76. The highest BCUT2D eigenvalue weighted by Gasteiger charge is 2.27. The lowest BCUT2D eigenvalue weighted by molar-refractivity contribution is 0.0731. The molecule has 0 atom stereocenters. The molecular formula is C14H16N2O4S3. The van der Waals surface area contributed by atoms with Crippen molar-refractivity contribution in [2.75, 3.05) is 26.3 Å². The van der Waals surface area contributed by atoms with E-state index in [2.05, 4.69) is 5.32 Å². The Morgan fingerprint density at radius 3 is 2.74 bits per heavy atom. The van der Waals surface area contributed by atoms with Crippen LogP contribution in [0, 0.1) is 0 Å². The van der Waals surface area contributed by atoms with Gasteiger partial charge in [-0.25, -0.2) is 8.42 Å². The van der Waals surface area contributed by atoms with Crippen LogP contribution in [0.4, 0.5) is 0 Å². The van der Waals surface area contributed by atoms with Gasteiger partial charge in [-0.15, -0.1) is 11.3 Å². The molecule has 3 heterocycles. The number of morpholine rings is 1. The van der Waals surface area contributed by atoms with Crippen LogP contribution in [0.2, 0.25) is 0 Å². The largest absolute Gasteiger partial charge is 0.379 e. The van der Waals surface area contributed by atoms with Crippen LogP contribution in [0.25, 0.3) is 0 Å². The van der Waals surface area contributed by atoms with Gasteiger partial charge in [-0.1, -0.05) is 0 Å². The van der Waals surface area contributed by atoms with Gasteiger partial charge in [-0.3, -0.25) is 4.79 Å². The predicted molar refractivity (Wildman–Crippen MR) is 89.4 cm³/mol. The summed E-state index contributed by atoms with van der Waals surface area (Å²) in [5.41, 5.74) is 0.618. The van der Waals surface area contributed by atoms with Crippen molar-refractivity contribution in [2.45, 2.75) is 10.8 Å². The number of hydrogen-bond acceptors (Lipinski definition) is 6. The van der Waals surface area contributed by atoms with E-state index in [1.807, 2.05) is 5.38 Å². The molecule has 3 rings (SSSR count). The Balaban J connectivity index is 1.64. The molecule has 0 saturated carbocycles. The average molecular weight is 372 g/mol. The van der Waals surface area contributed by atoms with E-state index in [4.69, 9.17) is 4.74 Å². The Hall–Kier alpha value is -1.26. The third-order valence-corrected chi connectivity index (χ3v) is 7.54. The molecule has 23 heavy (non-hydrogen) atoms. The molecular weight excluding hydrogens is 356 g/mol. The molecule has 124 valence electrons. The summed E-state index contributed by atoms with van der Waals surface area (Å²) in [7, 11) is -3.46. The smallest absolute Gasteiger partial charge is 0.252 e. The van der Waals surface area contributed by atoms with Gasteiger partial charge in [0.25, 0.3) is 15.9 Å². The minimum absolute atomic E-state index is 0.155. The van der Waals surface area contributed by atoms with Gasteiger partial charge in [0, 0.05) is 28.9 Å². The molecule has 2 aromatic rings. The molecule has 2 aromatic heterocycles. The standard InChI is InChI=1S/C14H16N2O4S3/c17-14(11-3-8-21-10-11)15-9-12-1-2-13(22-12)23(18,19)16-4-6-20-7-5-16/h1-3,8,10H,4-7,9H2,(H,15,17). The van der Waals surface area contributed by atoms with Crippen molar-refractivity contribution in [2.24, 2.45) is 0 Å². The third-order valence-electron chi connectivity index (χ3n) is 3.41. The molecule has 0 spiro atoms. The normalized spacial score (nSPS) is 16.3. The van der Waals surface area contributed by atoms with Gasteiger partial charge in [-0.05, 0) is 23.6 Å². The quantitative estimate of drug-likeness (QED) is 0.868. The highest BCUT2D eigenvalue weighted by atomic mass is 32.2. The zero-order chi connectivity index (χ0) is 16.3. The SMILES string of the molecule is O=C(NCc1ccc(S(=O)(=O)N2CCOCC2)s1)c1ccsc1. The van der Waals surface area contributed by atoms with Crippen molar-refractivity contribution in [3.05, 3.63) is 39.4 Å². The molecule has 0 aromatic carbocycles. The van der Waals surface area contributed by atoms with Crippen molar-refractivity contribution in [3.63, 3.8) is 0 Å². The Kier molecular flexibility index (Phi) is 5.12. The fourth-order valence-corrected chi connectivity index (χ4v) is 5.66. The Bertz CT molecular complexity index is 762. The molecule has 1 amide bonds. The highest BCUT2D eigenvalue weighted by molar-refractivity contribution is 7.91. The number of nitrogens with one attached hydrogen (secondary N) is 1. The second-order valence-electron chi connectivity index (χ2n) is 4.93. The maximum atomic E-state index is 12.5. The van der Waals surface area contributed by atoms with Crippen LogP contribution in [-0.2, 0) is 21.3 Å². The first kappa shape index (κ1) is 16.6. The van der Waals surface area contributed by atoms with Crippen LogP contribution in [0.15, 0.2) is 33.2 Å². The van der Waals surface area contributed by atoms with Crippen molar-refractivity contribution in [1.29, 1.82) is 0 Å². The van der Waals surface area contributed by atoms with Gasteiger partial charge >= 0.3 is 0 Å². The summed E-state index contributed by atoms with van der Waals surface area (Å²) in [6.45, 7) is 1.93. The Morgan fingerprint density at radius 2 is 2.04 bits per heavy atom. The van der Waals surface area contributed by atoms with Crippen LogP contribution in [-0.4, -0.2) is 44.9 Å². The van der Waals surface area contributed by atoms with Crippen molar-refractivity contribution >= 4 is 38.6 Å². The van der Waals surface area contributed by atoms with Gasteiger partial charge in [0.05, 0.1) is 19.8 Å². The second-order valence-corrected chi connectivity index (χ2v) is 9.05. The topological polar surface area (TPSA) is 75.7 Å². The number of carbonyl (C=O) groups is 1. The van der Waals surface area contributed by atoms with Gasteiger partial charge in [0.1, 0.15) is 4.21 Å². The molecule has 0 unspecified atom stereocenters. The van der Waals surface area contributed by atoms with E-state index in [9.17, 15) is 13.2 Å². The summed E-state index contributed by atoms with van der Waals surface area (Å²) in [5, 5.41) is 6.41. The summed E-state index contributed by atoms with van der Waals surface area (Å²) in [5.74, 6) is -0.155. The van der Waals surface area contributed by atoms with Crippen molar-refractivity contribution in [3.8, 4) is 0 Å². The number of thiophene rings is 2. The number of hydrogen-bond donors (Lipinski definition) is 1. The van der Waals surface area contributed by atoms with Crippen molar-refractivity contribution < 1.29 is 17.9 Å². The average Bonchev–Trinajstić information content (AvgIpc) is 3.25. The van der Waals surface area contributed by atoms with Crippen LogP contribution >= 0.6 is 22.7 Å². The van der Waals surface area contributed by atoms with Gasteiger partial charge < -0.3 is 10.1 Å². The summed E-state index contributed by atoms with van der Waals surface area (Å²) < 4.78 is 32.0. The number of amides is 1. The van der Waals surface area contributed by atoms with E-state index in [1.165, 1.54) is 27.0 Å². The van der Waals surface area contributed by atoms with E-state index < -0.39 is 10.0 Å². The maximum absolute atomic E-state index is 12.5. The zero-order valence-electron chi connectivity index (χ0n) is 12.2. The Morgan fingerprint density at radius 1 is 1.26 bits per heavy atom. The molecule has 6 nitrogen and oxygen atoms in total. The second kappa shape index (κ2) is 7.10. The summed E-state index contributed by atoms with van der Waals surface area (Å²) >= 11 is 2.65. The molecule has 0 aliphatic carbocycles. The maximum Gasteiger partial charge on any atom is 0.252 e. The number of carbonyl (C=O) groups excluding carboxylic acids is 1. The third kappa shape index (κ3) is 3.81. The lowest BCUT2D eigenvalue weighted by atomic mass is 10.3. The lowest BCUT2D eigenvalue weighted by Crippen LogP contribution is -2.40. The summed E-state index contributed by atoms with van der Waals surface area (Å²) in [6, 6.07) is 5.09. The minimum atomic E-state index is -3.46. The van der Waals surface area contributed by atoms with Gasteiger partial charge in [0.15, 0.2) is 0 Å². The molecule has 9 heteroatoms. The molecule has 0 bridgehead atoms. The Labute approximate surface area is 142 Å². The number of rotatable bonds is 5. The monoisotopic (exact) mass is 372 g/mol. The van der Waals surface area contributed by atoms with E-state index >= 15 is 0 Å². The number of ether oxygens (including phenoxy) is 1. The van der Waals surface area contributed by atoms with E-state index in [0.717, 1.165) is 4.88 Å².